The van der Waals surface area contributed by atoms with Crippen molar-refractivity contribution in [1.82, 2.24) is 4.90 Å². The van der Waals surface area contributed by atoms with Gasteiger partial charge in [0.25, 0.3) is 0 Å². The third-order valence-electron chi connectivity index (χ3n) is 6.68. The molecule has 0 aromatic heterocycles. The quantitative estimate of drug-likeness (QED) is 0.738. The van der Waals surface area contributed by atoms with Gasteiger partial charge in [0.2, 0.25) is 0 Å². The minimum Gasteiger partial charge on any atom is -0.305 e. The van der Waals surface area contributed by atoms with Crippen molar-refractivity contribution in [2.24, 2.45) is 17.3 Å². The lowest BCUT2D eigenvalue weighted by Gasteiger charge is -2.48. The molecule has 5 heteroatoms. The van der Waals surface area contributed by atoms with Crippen LogP contribution in [0.15, 0.2) is 35.9 Å². The molecule has 30 heavy (non-hydrogen) atoms. The Morgan fingerprint density at radius 3 is 2.17 bits per heavy atom. The maximum absolute atomic E-state index is 10.2. The molecule has 3 rings (SSSR count). The molecule has 0 amide bonds. The minimum absolute atomic E-state index is 0.00437. The summed E-state index contributed by atoms with van der Waals surface area (Å²) in [6.45, 7) is 12.1. The van der Waals surface area contributed by atoms with Gasteiger partial charge in [-0.15, -0.1) is 0 Å². The summed E-state index contributed by atoms with van der Waals surface area (Å²) in [4.78, 5) is 2.30. The SMILES string of the molecule is CC(C)N1CC=C2C(C#N)C(=N)C(C#N)(C#N)[C@H](c3ccc(C(C)(C)C)cc3)[C@H]2C1. The molecular weight excluding hydrogens is 370 g/mol. The molecule has 154 valence electrons. The zero-order valence-electron chi connectivity index (χ0n) is 18.4. The van der Waals surface area contributed by atoms with Gasteiger partial charge in [-0.2, -0.15) is 15.8 Å². The van der Waals surface area contributed by atoms with E-state index in [0.29, 0.717) is 12.6 Å². The van der Waals surface area contributed by atoms with Gasteiger partial charge in [0, 0.05) is 31.0 Å². The van der Waals surface area contributed by atoms with Crippen LogP contribution in [0.2, 0.25) is 0 Å². The molecule has 0 saturated heterocycles. The molecule has 1 aromatic rings. The van der Waals surface area contributed by atoms with Crippen molar-refractivity contribution in [3.63, 3.8) is 0 Å². The van der Waals surface area contributed by atoms with E-state index in [-0.39, 0.29) is 17.0 Å². The van der Waals surface area contributed by atoms with Crippen molar-refractivity contribution >= 4 is 5.71 Å². The summed E-state index contributed by atoms with van der Waals surface area (Å²) in [5.74, 6) is -1.44. The van der Waals surface area contributed by atoms with Gasteiger partial charge in [0.15, 0.2) is 5.41 Å². The molecule has 5 nitrogen and oxygen atoms in total. The molecule has 0 spiro atoms. The molecule has 1 aliphatic heterocycles. The average molecular weight is 400 g/mol. The summed E-state index contributed by atoms with van der Waals surface area (Å²) >= 11 is 0. The second-order valence-electron chi connectivity index (χ2n) is 9.72. The summed E-state index contributed by atoms with van der Waals surface area (Å²) in [6, 6.07) is 15.0. The molecule has 1 unspecified atom stereocenters. The van der Waals surface area contributed by atoms with Gasteiger partial charge in [-0.3, -0.25) is 4.90 Å². The third kappa shape index (κ3) is 3.32. The van der Waals surface area contributed by atoms with Crippen LogP contribution in [-0.2, 0) is 5.41 Å². The highest BCUT2D eigenvalue weighted by Crippen LogP contribution is 2.53. The standard InChI is InChI=1S/C25H29N5/c1-16(2)30-11-10-19-20(12-26)23(29)25(14-27,15-28)22(21(19)13-30)17-6-8-18(9-7-17)24(3,4)5/h6-10,16,20-22,29H,11,13H2,1-5H3/t20?,21-,22+/m0/s1. The lowest BCUT2D eigenvalue weighted by molar-refractivity contribution is 0.171. The van der Waals surface area contributed by atoms with Gasteiger partial charge in [-0.25, -0.2) is 0 Å². The van der Waals surface area contributed by atoms with Gasteiger partial charge >= 0.3 is 0 Å². The lowest BCUT2D eigenvalue weighted by Crippen LogP contribution is -2.53. The summed E-state index contributed by atoms with van der Waals surface area (Å²) in [7, 11) is 0. The van der Waals surface area contributed by atoms with Crippen molar-refractivity contribution in [2.45, 2.75) is 52.0 Å². The fraction of sp³-hybridized carbons (Fsp3) is 0.520. The largest absolute Gasteiger partial charge is 0.305 e. The number of nitrogens with zero attached hydrogens (tertiary/aromatic N) is 4. The van der Waals surface area contributed by atoms with Crippen LogP contribution in [0.1, 0.15) is 51.7 Å². The van der Waals surface area contributed by atoms with E-state index in [1.807, 2.05) is 18.2 Å². The Labute approximate surface area is 179 Å². The molecule has 2 aliphatic rings. The molecule has 1 aromatic carbocycles. The molecule has 1 N–H and O–H groups in total. The van der Waals surface area contributed by atoms with Crippen LogP contribution < -0.4 is 0 Å². The van der Waals surface area contributed by atoms with E-state index in [0.717, 1.165) is 17.7 Å². The van der Waals surface area contributed by atoms with Crippen molar-refractivity contribution in [2.75, 3.05) is 13.1 Å². The first-order valence-corrected chi connectivity index (χ1v) is 10.5. The van der Waals surface area contributed by atoms with Crippen molar-refractivity contribution in [3.05, 3.63) is 47.0 Å². The molecule has 0 radical (unpaired) electrons. The van der Waals surface area contributed by atoms with Crippen LogP contribution in [0.3, 0.4) is 0 Å². The summed E-state index contributed by atoms with van der Waals surface area (Å²) in [5, 5.41) is 38.8. The Balaban J connectivity index is 2.20. The lowest BCUT2D eigenvalue weighted by atomic mass is 9.54. The van der Waals surface area contributed by atoms with Crippen molar-refractivity contribution in [1.29, 1.82) is 21.2 Å². The summed E-state index contributed by atoms with van der Waals surface area (Å²) in [6.07, 6.45) is 2.05. The van der Waals surface area contributed by atoms with Gasteiger partial charge in [0.05, 0.1) is 23.9 Å². The minimum atomic E-state index is -1.65. The summed E-state index contributed by atoms with van der Waals surface area (Å²) in [5.41, 5.74) is 1.22. The number of rotatable bonds is 2. The van der Waals surface area contributed by atoms with Gasteiger partial charge in [0.1, 0.15) is 5.92 Å². The Kier molecular flexibility index (Phi) is 5.60. The van der Waals surface area contributed by atoms with E-state index in [9.17, 15) is 15.8 Å². The zero-order valence-corrected chi connectivity index (χ0v) is 18.4. The van der Waals surface area contributed by atoms with Crippen LogP contribution in [0.4, 0.5) is 0 Å². The number of benzene rings is 1. The smallest absolute Gasteiger partial charge is 0.189 e. The molecule has 3 atom stereocenters. The van der Waals surface area contributed by atoms with Crippen LogP contribution in [-0.4, -0.2) is 29.7 Å². The monoisotopic (exact) mass is 399 g/mol. The Bertz CT molecular complexity index is 974. The first-order chi connectivity index (χ1) is 14.1. The Morgan fingerprint density at radius 2 is 1.70 bits per heavy atom. The van der Waals surface area contributed by atoms with Crippen molar-refractivity contribution < 1.29 is 0 Å². The predicted octanol–water partition coefficient (Wildman–Crippen LogP) is 4.54. The fourth-order valence-electron chi connectivity index (χ4n) is 4.82. The number of fused-ring (bicyclic) bond motifs is 1. The second-order valence-corrected chi connectivity index (χ2v) is 9.72. The highest BCUT2D eigenvalue weighted by molar-refractivity contribution is 6.00. The number of hydrogen-bond acceptors (Lipinski definition) is 5. The van der Waals surface area contributed by atoms with E-state index in [4.69, 9.17) is 5.41 Å². The molecule has 1 aliphatic carbocycles. The first-order valence-electron chi connectivity index (χ1n) is 10.5. The van der Waals surface area contributed by atoms with Gasteiger partial charge in [-0.1, -0.05) is 51.1 Å². The Hall–Kier alpha value is -2.94. The van der Waals surface area contributed by atoms with Crippen LogP contribution in [0, 0.1) is 56.7 Å². The van der Waals surface area contributed by atoms with E-state index in [1.165, 1.54) is 5.56 Å². The highest BCUT2D eigenvalue weighted by atomic mass is 15.2. The van der Waals surface area contributed by atoms with Gasteiger partial charge in [-0.05, 0) is 36.0 Å². The van der Waals surface area contributed by atoms with Crippen LogP contribution in [0.5, 0.6) is 0 Å². The topological polar surface area (TPSA) is 98.5 Å². The molecule has 0 bridgehead atoms. The highest BCUT2D eigenvalue weighted by Gasteiger charge is 2.57. The molecular formula is C25H29N5. The van der Waals surface area contributed by atoms with Crippen LogP contribution >= 0.6 is 0 Å². The number of nitriles is 3. The van der Waals surface area contributed by atoms with E-state index >= 15 is 0 Å². The number of nitrogens with one attached hydrogen (secondary N) is 1. The molecule has 1 saturated carbocycles. The summed E-state index contributed by atoms with van der Waals surface area (Å²) < 4.78 is 0. The van der Waals surface area contributed by atoms with E-state index < -0.39 is 17.3 Å². The molecule has 1 heterocycles. The van der Waals surface area contributed by atoms with E-state index in [2.05, 4.69) is 69.9 Å². The fourth-order valence-corrected chi connectivity index (χ4v) is 4.82. The maximum atomic E-state index is 10.2. The second kappa shape index (κ2) is 7.71. The van der Waals surface area contributed by atoms with Crippen LogP contribution in [0.25, 0.3) is 0 Å². The predicted molar refractivity (Wildman–Crippen MR) is 117 cm³/mol. The normalized spacial score (nSPS) is 26.2. The molecule has 1 fully saturated rings. The Morgan fingerprint density at radius 1 is 1.10 bits per heavy atom. The maximum Gasteiger partial charge on any atom is 0.189 e. The zero-order chi connectivity index (χ0) is 22.3. The first kappa shape index (κ1) is 21.8. The van der Waals surface area contributed by atoms with Gasteiger partial charge < -0.3 is 5.41 Å². The number of hydrogen-bond donors (Lipinski definition) is 1. The van der Waals surface area contributed by atoms with E-state index in [1.54, 1.807) is 0 Å². The average Bonchev–Trinajstić information content (AvgIpc) is 2.72. The van der Waals surface area contributed by atoms with Crippen molar-refractivity contribution in [3.8, 4) is 18.2 Å². The third-order valence-corrected chi connectivity index (χ3v) is 6.68.